The first-order valence-corrected chi connectivity index (χ1v) is 22.1. The fraction of sp³-hybridized carbons (Fsp3) is 0.364. The molecule has 0 aromatic heterocycles. The van der Waals surface area contributed by atoms with Gasteiger partial charge in [0.2, 0.25) is 0 Å². The molecule has 0 fully saturated rings. The molecule has 1 aromatic rings. The van der Waals surface area contributed by atoms with E-state index in [-0.39, 0.29) is 5.97 Å². The number of nitrogens with one attached hydrogen (secondary N) is 1. The van der Waals surface area contributed by atoms with E-state index >= 15 is 0 Å². The molecule has 0 spiro atoms. The van der Waals surface area contributed by atoms with Crippen LogP contribution < -0.4 is 5.32 Å². The van der Waals surface area contributed by atoms with Crippen LogP contribution in [0.5, 0.6) is 0 Å². The summed E-state index contributed by atoms with van der Waals surface area (Å²) in [6.45, 7) is 3.99. The monoisotopic (exact) mass is 775 g/mol. The molecule has 55 radical (unpaired) electrons. The molecule has 1 aliphatic rings. The molecular formula is C11H13B53NO2. The van der Waals surface area contributed by atoms with Crippen molar-refractivity contribution in [3.05, 3.63) is 34.9 Å². The molecule has 0 atom stereocenters. The summed E-state index contributed by atoms with van der Waals surface area (Å²) in [5.41, 5.74) is 3.13. The van der Waals surface area contributed by atoms with Crippen LogP contribution in [0.1, 0.15) is 28.4 Å². The lowest BCUT2D eigenvalue weighted by molar-refractivity contribution is 0.0526. The smallest absolute Gasteiger partial charge is 0.338 e. The Morgan fingerprint density at radius 1 is 0.433 bits per heavy atom. The highest BCUT2D eigenvalue weighted by Gasteiger charge is 2.60. The molecule has 0 unspecified atom stereocenters. The van der Waals surface area contributed by atoms with Gasteiger partial charge in [0.25, 0.3) is 0 Å². The zero-order valence-corrected chi connectivity index (χ0v) is 38.8. The topological polar surface area (TPSA) is 38.3 Å². The van der Waals surface area contributed by atoms with Gasteiger partial charge in [0.15, 0.2) is 0 Å². The third kappa shape index (κ3) is 18.7. The first kappa shape index (κ1) is 67.1. The molecule has 0 saturated carbocycles. The van der Waals surface area contributed by atoms with Crippen molar-refractivity contribution in [1.29, 1.82) is 0 Å². The molecule has 1 heterocycles. The molecule has 0 aliphatic carbocycles. The number of ether oxygens (including phenoxy) is 1. The van der Waals surface area contributed by atoms with Gasteiger partial charge in [0.1, 0.15) is 0 Å². The van der Waals surface area contributed by atoms with Crippen molar-refractivity contribution in [2.24, 2.45) is 0 Å². The van der Waals surface area contributed by atoms with Crippen molar-refractivity contribution in [2.45, 2.75) is 20.0 Å². The summed E-state index contributed by atoms with van der Waals surface area (Å²) in [6, 6.07) is 5.72. The molecule has 1 N–H and O–H groups in total. The summed E-state index contributed by atoms with van der Waals surface area (Å²) < 4.78 is 4.93. The lowest BCUT2D eigenvalue weighted by atomic mass is 8.24. The highest BCUT2D eigenvalue weighted by atomic mass is 16.5. The van der Waals surface area contributed by atoms with E-state index in [1.807, 2.05) is 25.1 Å². The molecule has 1 aromatic carbocycles. The standard InChI is InChI=1S/C11H13NO2.B53/c1-2-14-11(13)8-3-4-9-6-12-7-10(9)5-8;1-28-42(29(2)3)49(43(30(4)5)31(6)7)52(48(40(24)25)41(26)27)53(50(44(32(8)9)33(10)11)45(34(12)13)35(14)15)51(46(36(16)17)37(18)19)47(38(20)21)39(22)23/h3-5,12H,2,6-7H2,1H3;. The van der Waals surface area contributed by atoms with Gasteiger partial charge in [-0.1, -0.05) is 6.07 Å². The van der Waals surface area contributed by atoms with Crippen molar-refractivity contribution in [3.8, 4) is 0 Å². The first-order valence-electron chi connectivity index (χ1n) is 22.1. The van der Waals surface area contributed by atoms with Crippen molar-refractivity contribution in [2.75, 3.05) is 6.61 Å². The predicted octanol–water partition coefficient (Wildman–Crippen LogP) is -18.7. The quantitative estimate of drug-likeness (QED) is 0.0716. The Kier molecular flexibility index (Phi) is 31.9. The Morgan fingerprint density at radius 2 is 0.701 bits per heavy atom. The van der Waals surface area contributed by atoms with Gasteiger partial charge < -0.3 is 10.1 Å². The third-order valence-corrected chi connectivity index (χ3v) is 13.2. The molecule has 3 nitrogen and oxygen atoms in total. The summed E-state index contributed by atoms with van der Waals surface area (Å²) in [6.07, 6.45) is -32.6. The van der Waals surface area contributed by atoms with Gasteiger partial charge in [-0.3, -0.25) is 0 Å². The van der Waals surface area contributed by atoms with Crippen LogP contribution in [0.15, 0.2) is 18.2 Å². The Labute approximate surface area is 454 Å². The van der Waals surface area contributed by atoms with Crippen LogP contribution in [-0.2, 0) is 17.8 Å². The molecular weight excluding hydrogens is 751 g/mol. The van der Waals surface area contributed by atoms with Crippen LogP contribution in [0, 0.1) is 0 Å². The van der Waals surface area contributed by atoms with Crippen molar-refractivity contribution >= 4 is 382 Å². The molecule has 2 rings (SSSR count). The number of rotatable bonds is 27. The molecule has 233 valence electrons. The lowest BCUT2D eigenvalue weighted by Gasteiger charge is -2.57. The van der Waals surface area contributed by atoms with Crippen LogP contribution >= 0.6 is 0 Å². The number of esters is 1. The minimum absolute atomic E-state index is 0.234. The Hall–Kier alpha value is 2.09. The van der Waals surface area contributed by atoms with Gasteiger partial charge in [-0.25, -0.2) is 4.79 Å². The van der Waals surface area contributed by atoms with Crippen LogP contribution in [0.25, 0.3) is 0 Å². The molecule has 0 bridgehead atoms. The Bertz CT molecular complexity index is 1400. The number of carbonyl (C=O) groups excluding carboxylic acids is 1. The fourth-order valence-corrected chi connectivity index (χ4v) is 10.6. The second-order valence-electron chi connectivity index (χ2n) is 17.9. The molecule has 67 heavy (non-hydrogen) atoms. The maximum Gasteiger partial charge on any atom is 0.338 e. The van der Waals surface area contributed by atoms with Gasteiger partial charge in [0.05, 0.1) is 12.2 Å². The van der Waals surface area contributed by atoms with E-state index in [4.69, 9.17) is 214 Å². The number of fused-ring (bicyclic) bond motifs is 1. The van der Waals surface area contributed by atoms with E-state index in [1.165, 1.54) is 18.2 Å². The number of benzene rings is 1. The van der Waals surface area contributed by atoms with E-state index in [0.717, 1.165) is 13.1 Å². The van der Waals surface area contributed by atoms with Gasteiger partial charge in [-0.2, -0.15) is 0 Å². The summed E-state index contributed by atoms with van der Waals surface area (Å²) in [7, 11) is 176. The minimum atomic E-state index is -1.40. The molecule has 1 aliphatic heterocycles. The second-order valence-corrected chi connectivity index (χ2v) is 17.9. The van der Waals surface area contributed by atoms with Gasteiger partial charge in [-0.05, 0) is 30.2 Å². The van der Waals surface area contributed by atoms with E-state index in [2.05, 4.69) is 5.32 Å². The molecule has 56 heteroatoms. The highest BCUT2D eigenvalue weighted by Crippen LogP contribution is 2.23. The lowest BCUT2D eigenvalue weighted by Crippen LogP contribution is -2.95. The summed E-state index contributed by atoms with van der Waals surface area (Å²) in [4.78, 5) is 11.4. The minimum Gasteiger partial charge on any atom is -0.462 e. The van der Waals surface area contributed by atoms with Crippen LogP contribution in [-0.4, -0.2) is 388 Å². The summed E-state index contributed by atoms with van der Waals surface area (Å²) in [5.74, 6) is -0.234. The number of hydrogen-bond acceptors (Lipinski definition) is 3. The first-order chi connectivity index (χ1) is 30.9. The molecule has 0 amide bonds. The summed E-state index contributed by atoms with van der Waals surface area (Å²) >= 11 is 0. The number of hydrogen-bond donors (Lipinski definition) is 1. The average molecular weight is 764 g/mol. The van der Waals surface area contributed by atoms with Gasteiger partial charge in [-0.15, -0.1) is 0 Å². The van der Waals surface area contributed by atoms with Gasteiger partial charge >= 0.3 is 5.97 Å². The van der Waals surface area contributed by atoms with Gasteiger partial charge in [0, 0.05) is 389 Å². The summed E-state index contributed by atoms with van der Waals surface area (Å²) in [5, 5.41) is 3.23. The maximum atomic E-state index is 11.4. The Balaban J connectivity index is 0.00000134. The van der Waals surface area contributed by atoms with E-state index in [9.17, 15) is 4.79 Å². The van der Waals surface area contributed by atoms with Crippen molar-refractivity contribution < 1.29 is 9.53 Å². The average Bonchev–Trinajstić information content (AvgIpc) is 3.64. The van der Waals surface area contributed by atoms with Crippen LogP contribution in [0.2, 0.25) is 0 Å². The fourth-order valence-electron chi connectivity index (χ4n) is 10.6. The highest BCUT2D eigenvalue weighted by molar-refractivity contribution is 8.36. The zero-order valence-electron chi connectivity index (χ0n) is 38.8. The van der Waals surface area contributed by atoms with E-state index in [0.29, 0.717) is 12.2 Å². The van der Waals surface area contributed by atoms with Crippen molar-refractivity contribution in [1.82, 2.24) is 5.32 Å². The van der Waals surface area contributed by atoms with E-state index < -0.39 is 160 Å². The SMILES string of the molecule is CCOC(=O)c1ccc2c(c1)CNC2.[B][B]B(B([B])[B])B(B(B([B])[B])B([B])[B])B(B(B([B])[B])B([B])[B])B(B(B(B([B])[B])B([B])[B])B(B([B])[B])B([B])[B])B(B(B([B])[B])B([B])[B])B(B([B])[B])B([B])[B]. The zero-order chi connectivity index (χ0) is 52.1. The predicted molar refractivity (Wildman–Crippen MR) is 358 cm³/mol. The largest absolute Gasteiger partial charge is 0.462 e. The molecule has 0 saturated heterocycles. The normalized spacial score (nSPS) is 10.5. The van der Waals surface area contributed by atoms with Crippen LogP contribution in [0.4, 0.5) is 0 Å². The van der Waals surface area contributed by atoms with Crippen molar-refractivity contribution in [3.63, 3.8) is 0 Å². The Morgan fingerprint density at radius 3 is 0.970 bits per heavy atom. The van der Waals surface area contributed by atoms with Crippen LogP contribution in [0.3, 0.4) is 0 Å². The van der Waals surface area contributed by atoms with E-state index in [1.54, 1.807) is 0 Å². The second kappa shape index (κ2) is 31.9. The third-order valence-electron chi connectivity index (χ3n) is 13.2. The maximum absolute atomic E-state index is 11.4. The number of carbonyl (C=O) groups is 1.